The first-order chi connectivity index (χ1) is 7.50. The molecule has 0 radical (unpaired) electrons. The summed E-state index contributed by atoms with van der Waals surface area (Å²) in [7, 11) is 0. The number of carbonyl (C=O) groups is 2. The Morgan fingerprint density at radius 3 is 2.62 bits per heavy atom. The lowest BCUT2D eigenvalue weighted by Crippen LogP contribution is -2.08. The van der Waals surface area contributed by atoms with E-state index >= 15 is 0 Å². The molecular formula is C11H9NO4. The van der Waals surface area contributed by atoms with Gasteiger partial charge in [0.2, 0.25) is 5.91 Å². The van der Waals surface area contributed by atoms with Gasteiger partial charge < -0.3 is 15.9 Å². The molecule has 1 amide bonds. The van der Waals surface area contributed by atoms with E-state index in [1.165, 1.54) is 18.2 Å². The third kappa shape index (κ3) is 3.03. The number of amides is 1. The van der Waals surface area contributed by atoms with E-state index in [1.807, 2.05) is 0 Å². The number of benzene rings is 1. The van der Waals surface area contributed by atoms with Crippen LogP contribution in [0.25, 0.3) is 0 Å². The summed E-state index contributed by atoms with van der Waals surface area (Å²) in [6.45, 7) is 0. The van der Waals surface area contributed by atoms with Crippen LogP contribution in [0.4, 0.5) is 0 Å². The predicted molar refractivity (Wildman–Crippen MR) is 55.8 cm³/mol. The Morgan fingerprint density at radius 2 is 2.06 bits per heavy atom. The van der Waals surface area contributed by atoms with Gasteiger partial charge in [0, 0.05) is 0 Å². The van der Waals surface area contributed by atoms with Crippen molar-refractivity contribution in [3.63, 3.8) is 0 Å². The van der Waals surface area contributed by atoms with Crippen LogP contribution in [0.3, 0.4) is 0 Å². The van der Waals surface area contributed by atoms with Crippen molar-refractivity contribution in [2.75, 3.05) is 0 Å². The van der Waals surface area contributed by atoms with Gasteiger partial charge in [-0.2, -0.15) is 0 Å². The van der Waals surface area contributed by atoms with Crippen LogP contribution in [-0.2, 0) is 4.79 Å². The first kappa shape index (κ1) is 11.6. The number of primary amides is 1. The highest BCUT2D eigenvalue weighted by Crippen LogP contribution is 2.17. The molecule has 0 fully saturated rings. The SMILES string of the molecule is NC(=O)CC#Cc1cc(C(=O)O)ccc1O. The van der Waals surface area contributed by atoms with Crippen LogP contribution in [0, 0.1) is 11.8 Å². The first-order valence-electron chi connectivity index (χ1n) is 4.34. The van der Waals surface area contributed by atoms with Crippen LogP contribution in [-0.4, -0.2) is 22.1 Å². The average Bonchev–Trinajstić information content (AvgIpc) is 2.20. The van der Waals surface area contributed by atoms with Crippen molar-refractivity contribution in [1.82, 2.24) is 0 Å². The Balaban J connectivity index is 3.01. The molecule has 1 rings (SSSR count). The highest BCUT2D eigenvalue weighted by atomic mass is 16.4. The highest BCUT2D eigenvalue weighted by Gasteiger charge is 2.05. The number of phenols is 1. The highest BCUT2D eigenvalue weighted by molar-refractivity contribution is 5.88. The molecule has 0 atom stereocenters. The number of aromatic carboxylic acids is 1. The topological polar surface area (TPSA) is 101 Å². The summed E-state index contributed by atoms with van der Waals surface area (Å²) in [5.74, 6) is 3.07. The molecule has 5 nitrogen and oxygen atoms in total. The molecule has 0 aliphatic rings. The van der Waals surface area contributed by atoms with E-state index in [0.717, 1.165) is 0 Å². The maximum Gasteiger partial charge on any atom is 0.335 e. The van der Waals surface area contributed by atoms with Crippen LogP contribution in [0.15, 0.2) is 18.2 Å². The molecule has 0 aromatic heterocycles. The van der Waals surface area contributed by atoms with Gasteiger partial charge in [-0.15, -0.1) is 0 Å². The second-order valence-corrected chi connectivity index (χ2v) is 2.98. The van der Waals surface area contributed by atoms with Gasteiger partial charge in [-0.3, -0.25) is 4.79 Å². The number of aromatic hydroxyl groups is 1. The van der Waals surface area contributed by atoms with Gasteiger partial charge in [0.1, 0.15) is 5.75 Å². The molecule has 0 heterocycles. The molecule has 5 heteroatoms. The summed E-state index contributed by atoms with van der Waals surface area (Å²) in [6.07, 6.45) is -0.142. The zero-order valence-electron chi connectivity index (χ0n) is 8.23. The number of rotatable bonds is 2. The van der Waals surface area contributed by atoms with E-state index < -0.39 is 11.9 Å². The van der Waals surface area contributed by atoms with Crippen LogP contribution in [0.1, 0.15) is 22.3 Å². The van der Waals surface area contributed by atoms with E-state index in [4.69, 9.17) is 10.8 Å². The van der Waals surface area contributed by atoms with E-state index in [9.17, 15) is 14.7 Å². The Labute approximate surface area is 91.5 Å². The van der Waals surface area contributed by atoms with Gasteiger partial charge in [-0.25, -0.2) is 4.79 Å². The minimum absolute atomic E-state index is 0.0150. The van der Waals surface area contributed by atoms with Crippen LogP contribution < -0.4 is 5.73 Å². The minimum atomic E-state index is -1.11. The molecule has 0 spiro atoms. The molecule has 0 unspecified atom stereocenters. The lowest BCUT2D eigenvalue weighted by atomic mass is 10.1. The summed E-state index contributed by atoms with van der Waals surface area (Å²) in [4.78, 5) is 21.1. The fourth-order valence-electron chi connectivity index (χ4n) is 0.996. The zero-order valence-corrected chi connectivity index (χ0v) is 8.23. The average molecular weight is 219 g/mol. The maximum absolute atomic E-state index is 10.6. The van der Waals surface area contributed by atoms with Crippen molar-refractivity contribution < 1.29 is 19.8 Å². The normalized spacial score (nSPS) is 9.00. The Hall–Kier alpha value is -2.48. The van der Waals surface area contributed by atoms with Crippen LogP contribution >= 0.6 is 0 Å². The number of phenolic OH excluding ortho intramolecular Hbond substituents is 1. The molecule has 0 aliphatic heterocycles. The number of hydrogen-bond acceptors (Lipinski definition) is 3. The molecule has 16 heavy (non-hydrogen) atoms. The van der Waals surface area contributed by atoms with E-state index in [-0.39, 0.29) is 23.3 Å². The smallest absolute Gasteiger partial charge is 0.335 e. The van der Waals surface area contributed by atoms with E-state index in [2.05, 4.69) is 11.8 Å². The van der Waals surface area contributed by atoms with Crippen molar-refractivity contribution in [3.05, 3.63) is 29.3 Å². The van der Waals surface area contributed by atoms with Gasteiger partial charge >= 0.3 is 5.97 Å². The summed E-state index contributed by atoms with van der Waals surface area (Å²) in [5, 5.41) is 18.1. The predicted octanol–water partition coefficient (Wildman–Crippen LogP) is 0.317. The molecule has 0 aliphatic carbocycles. The Kier molecular flexibility index (Phi) is 3.51. The number of carboxylic acids is 1. The van der Waals surface area contributed by atoms with Gasteiger partial charge in [0.05, 0.1) is 17.5 Å². The fraction of sp³-hybridized carbons (Fsp3) is 0.0909. The van der Waals surface area contributed by atoms with Crippen molar-refractivity contribution in [1.29, 1.82) is 0 Å². The molecule has 0 saturated heterocycles. The molecule has 1 aromatic rings. The lowest BCUT2D eigenvalue weighted by molar-refractivity contribution is -0.117. The first-order valence-corrected chi connectivity index (χ1v) is 4.34. The zero-order chi connectivity index (χ0) is 12.1. The Morgan fingerprint density at radius 1 is 1.38 bits per heavy atom. The molecule has 4 N–H and O–H groups in total. The van der Waals surface area contributed by atoms with Crippen molar-refractivity contribution in [3.8, 4) is 17.6 Å². The second-order valence-electron chi connectivity index (χ2n) is 2.98. The van der Waals surface area contributed by atoms with Gasteiger partial charge in [0.25, 0.3) is 0 Å². The van der Waals surface area contributed by atoms with E-state index in [1.54, 1.807) is 0 Å². The number of hydrogen-bond donors (Lipinski definition) is 3. The van der Waals surface area contributed by atoms with Crippen molar-refractivity contribution in [2.45, 2.75) is 6.42 Å². The molecule has 0 saturated carbocycles. The van der Waals surface area contributed by atoms with E-state index in [0.29, 0.717) is 0 Å². The molecule has 1 aromatic carbocycles. The second kappa shape index (κ2) is 4.84. The third-order valence-corrected chi connectivity index (χ3v) is 1.73. The number of carboxylic acid groups (broad SMARTS) is 1. The summed E-state index contributed by atoms with van der Waals surface area (Å²) < 4.78 is 0. The van der Waals surface area contributed by atoms with Gasteiger partial charge in [0.15, 0.2) is 0 Å². The van der Waals surface area contributed by atoms with Gasteiger partial charge in [-0.05, 0) is 18.2 Å². The quantitative estimate of drug-likeness (QED) is 0.623. The molecular weight excluding hydrogens is 210 g/mol. The molecule has 82 valence electrons. The number of nitrogens with two attached hydrogens (primary N) is 1. The standard InChI is InChI=1S/C11H9NO4/c12-10(14)3-1-2-7-6-8(11(15)16)4-5-9(7)13/h4-6,13H,3H2,(H2,12,14)(H,15,16). The minimum Gasteiger partial charge on any atom is -0.507 e. The Bertz CT molecular complexity index is 496. The maximum atomic E-state index is 10.6. The molecule has 0 bridgehead atoms. The third-order valence-electron chi connectivity index (χ3n) is 1.73. The summed E-state index contributed by atoms with van der Waals surface area (Å²) in [6, 6.07) is 3.72. The largest absolute Gasteiger partial charge is 0.507 e. The fourth-order valence-corrected chi connectivity index (χ4v) is 0.996. The monoisotopic (exact) mass is 219 g/mol. The number of carbonyl (C=O) groups excluding carboxylic acids is 1. The summed E-state index contributed by atoms with van der Waals surface area (Å²) in [5.41, 5.74) is 5.04. The van der Waals surface area contributed by atoms with Crippen LogP contribution in [0.5, 0.6) is 5.75 Å². The van der Waals surface area contributed by atoms with Crippen molar-refractivity contribution >= 4 is 11.9 Å². The lowest BCUT2D eigenvalue weighted by Gasteiger charge is -1.98. The van der Waals surface area contributed by atoms with Gasteiger partial charge in [-0.1, -0.05) is 11.8 Å². The van der Waals surface area contributed by atoms with Crippen LogP contribution in [0.2, 0.25) is 0 Å². The summed E-state index contributed by atoms with van der Waals surface area (Å²) >= 11 is 0. The van der Waals surface area contributed by atoms with Crippen molar-refractivity contribution in [2.24, 2.45) is 5.73 Å².